The highest BCUT2D eigenvalue weighted by Crippen LogP contribution is 2.18. The number of hydrogen-bond donors (Lipinski definition) is 1. The summed E-state index contributed by atoms with van der Waals surface area (Å²) in [6, 6.07) is 11.3. The van der Waals surface area contributed by atoms with Crippen LogP contribution in [0.15, 0.2) is 36.4 Å². The number of hydrogen-bond acceptors (Lipinski definition) is 5. The van der Waals surface area contributed by atoms with Crippen molar-refractivity contribution >= 4 is 11.7 Å². The molecule has 1 amide bonds. The summed E-state index contributed by atoms with van der Waals surface area (Å²) in [4.78, 5) is 23.3. The largest absolute Gasteiger partial charge is 0.484 e. The number of carbonyl (C=O) groups excluding carboxylic acids is 1. The number of ether oxygens (including phenoxy) is 1. The number of piperidine rings is 1. The molecule has 0 unspecified atom stereocenters. The number of carbonyl (C=O) groups is 1. The van der Waals surface area contributed by atoms with Gasteiger partial charge in [-0.3, -0.25) is 4.79 Å². The Kier molecular flexibility index (Phi) is 5.82. The van der Waals surface area contributed by atoms with Gasteiger partial charge in [-0.1, -0.05) is 18.2 Å². The normalized spacial score (nSPS) is 14.2. The second-order valence-corrected chi connectivity index (χ2v) is 6.21. The molecular formula is C19H24N4O2. The van der Waals surface area contributed by atoms with Gasteiger partial charge in [0.1, 0.15) is 17.4 Å². The lowest BCUT2D eigenvalue weighted by Gasteiger charge is -2.28. The van der Waals surface area contributed by atoms with Crippen LogP contribution in [0.3, 0.4) is 0 Å². The lowest BCUT2D eigenvalue weighted by atomic mass is 10.1. The summed E-state index contributed by atoms with van der Waals surface area (Å²) in [5, 5.41) is 2.82. The molecule has 1 N–H and O–H groups in total. The first-order valence-electron chi connectivity index (χ1n) is 8.75. The number of aromatic nitrogens is 2. The van der Waals surface area contributed by atoms with Crippen molar-refractivity contribution in [2.24, 2.45) is 0 Å². The van der Waals surface area contributed by atoms with Crippen LogP contribution in [0.5, 0.6) is 5.75 Å². The minimum Gasteiger partial charge on any atom is -0.484 e. The van der Waals surface area contributed by atoms with E-state index in [1.807, 2.05) is 43.3 Å². The second kappa shape index (κ2) is 8.46. The molecule has 6 nitrogen and oxygen atoms in total. The lowest BCUT2D eigenvalue weighted by Crippen LogP contribution is -2.32. The van der Waals surface area contributed by atoms with E-state index in [0.717, 1.165) is 24.6 Å². The fourth-order valence-corrected chi connectivity index (χ4v) is 2.87. The molecule has 1 aromatic carbocycles. The third-order valence-electron chi connectivity index (χ3n) is 4.12. The summed E-state index contributed by atoms with van der Waals surface area (Å²) in [5.74, 6) is 2.08. The van der Waals surface area contributed by atoms with E-state index >= 15 is 0 Å². The molecular weight excluding hydrogens is 316 g/mol. The highest BCUT2D eigenvalue weighted by molar-refractivity contribution is 5.77. The van der Waals surface area contributed by atoms with Crippen LogP contribution < -0.4 is 15.0 Å². The fraction of sp³-hybridized carbons (Fsp3) is 0.421. The van der Waals surface area contributed by atoms with E-state index < -0.39 is 0 Å². The zero-order chi connectivity index (χ0) is 17.5. The molecule has 0 bridgehead atoms. The molecule has 6 heteroatoms. The van der Waals surface area contributed by atoms with Gasteiger partial charge in [-0.2, -0.15) is 0 Å². The van der Waals surface area contributed by atoms with Gasteiger partial charge in [-0.25, -0.2) is 9.97 Å². The average molecular weight is 340 g/mol. The Labute approximate surface area is 148 Å². The lowest BCUT2D eigenvalue weighted by molar-refractivity contribution is -0.123. The standard InChI is InChI=1S/C19H24N4O2/c1-15-12-18(23-10-6-3-7-11-23)22-17(21-15)13-20-19(24)14-25-16-8-4-2-5-9-16/h2,4-5,8-9,12H,3,6-7,10-11,13-14H2,1H3,(H,20,24). The molecule has 0 saturated carbocycles. The first-order chi connectivity index (χ1) is 12.2. The molecule has 1 aliphatic heterocycles. The van der Waals surface area contributed by atoms with Gasteiger partial charge in [0.25, 0.3) is 5.91 Å². The van der Waals surface area contributed by atoms with Crippen LogP contribution in [0.4, 0.5) is 5.82 Å². The maximum absolute atomic E-state index is 12.0. The number of nitrogens with zero attached hydrogens (tertiary/aromatic N) is 3. The number of amides is 1. The number of para-hydroxylation sites is 1. The van der Waals surface area contributed by atoms with Crippen molar-refractivity contribution in [3.05, 3.63) is 47.9 Å². The summed E-state index contributed by atoms with van der Waals surface area (Å²) in [6.45, 7) is 4.31. The number of rotatable bonds is 6. The van der Waals surface area contributed by atoms with Gasteiger partial charge in [0.05, 0.1) is 6.54 Å². The fourth-order valence-electron chi connectivity index (χ4n) is 2.87. The van der Waals surface area contributed by atoms with Crippen LogP contribution in [-0.2, 0) is 11.3 Å². The molecule has 0 radical (unpaired) electrons. The third kappa shape index (κ3) is 5.17. The van der Waals surface area contributed by atoms with Gasteiger partial charge in [0.2, 0.25) is 0 Å². The molecule has 0 spiro atoms. The molecule has 132 valence electrons. The molecule has 0 atom stereocenters. The van der Waals surface area contributed by atoms with E-state index in [4.69, 9.17) is 4.74 Å². The average Bonchev–Trinajstić information content (AvgIpc) is 2.66. The molecule has 1 saturated heterocycles. The highest BCUT2D eigenvalue weighted by atomic mass is 16.5. The quantitative estimate of drug-likeness (QED) is 0.875. The van der Waals surface area contributed by atoms with Crippen molar-refractivity contribution in [2.45, 2.75) is 32.7 Å². The van der Waals surface area contributed by atoms with E-state index in [-0.39, 0.29) is 12.5 Å². The van der Waals surface area contributed by atoms with Crippen molar-refractivity contribution < 1.29 is 9.53 Å². The Morgan fingerprint density at radius 3 is 2.68 bits per heavy atom. The van der Waals surface area contributed by atoms with Gasteiger partial charge in [-0.15, -0.1) is 0 Å². The molecule has 1 fully saturated rings. The summed E-state index contributed by atoms with van der Waals surface area (Å²) in [6.07, 6.45) is 3.68. The second-order valence-electron chi connectivity index (χ2n) is 6.21. The zero-order valence-electron chi connectivity index (χ0n) is 14.6. The van der Waals surface area contributed by atoms with Gasteiger partial charge in [0.15, 0.2) is 6.61 Å². The van der Waals surface area contributed by atoms with Crippen molar-refractivity contribution in [2.75, 3.05) is 24.6 Å². The first kappa shape index (κ1) is 17.2. The molecule has 1 aromatic heterocycles. The molecule has 3 rings (SSSR count). The molecule has 1 aliphatic rings. The van der Waals surface area contributed by atoms with E-state index in [2.05, 4.69) is 20.2 Å². The van der Waals surface area contributed by atoms with Gasteiger partial charge in [0, 0.05) is 24.8 Å². The smallest absolute Gasteiger partial charge is 0.258 e. The summed E-state index contributed by atoms with van der Waals surface area (Å²) in [5.41, 5.74) is 0.917. The number of anilines is 1. The van der Waals surface area contributed by atoms with Crippen LogP contribution >= 0.6 is 0 Å². The number of benzene rings is 1. The van der Waals surface area contributed by atoms with Crippen molar-refractivity contribution in [3.63, 3.8) is 0 Å². The van der Waals surface area contributed by atoms with E-state index in [9.17, 15) is 4.79 Å². The minimum absolute atomic E-state index is 0.0190. The summed E-state index contributed by atoms with van der Waals surface area (Å²) >= 11 is 0. The topological polar surface area (TPSA) is 67.4 Å². The van der Waals surface area contributed by atoms with Crippen molar-refractivity contribution in [1.29, 1.82) is 0 Å². The van der Waals surface area contributed by atoms with Gasteiger partial charge < -0.3 is 15.0 Å². The van der Waals surface area contributed by atoms with Crippen LogP contribution in [0.25, 0.3) is 0 Å². The Morgan fingerprint density at radius 1 is 1.16 bits per heavy atom. The van der Waals surface area contributed by atoms with Crippen LogP contribution in [-0.4, -0.2) is 35.6 Å². The van der Waals surface area contributed by atoms with Crippen LogP contribution in [0.2, 0.25) is 0 Å². The van der Waals surface area contributed by atoms with Gasteiger partial charge in [-0.05, 0) is 38.3 Å². The molecule has 2 aromatic rings. The summed E-state index contributed by atoms with van der Waals surface area (Å²) < 4.78 is 5.44. The SMILES string of the molecule is Cc1cc(N2CCCCC2)nc(CNC(=O)COc2ccccc2)n1. The van der Waals surface area contributed by atoms with Crippen molar-refractivity contribution in [3.8, 4) is 5.75 Å². The first-order valence-corrected chi connectivity index (χ1v) is 8.75. The van der Waals surface area contributed by atoms with E-state index in [1.54, 1.807) is 0 Å². The highest BCUT2D eigenvalue weighted by Gasteiger charge is 2.14. The Bertz CT molecular complexity index is 700. The molecule has 0 aliphatic carbocycles. The zero-order valence-corrected chi connectivity index (χ0v) is 14.6. The maximum atomic E-state index is 12.0. The van der Waals surface area contributed by atoms with Crippen LogP contribution in [0.1, 0.15) is 30.8 Å². The Morgan fingerprint density at radius 2 is 1.92 bits per heavy atom. The van der Waals surface area contributed by atoms with E-state index in [1.165, 1.54) is 19.3 Å². The van der Waals surface area contributed by atoms with E-state index in [0.29, 0.717) is 18.1 Å². The van der Waals surface area contributed by atoms with Crippen molar-refractivity contribution in [1.82, 2.24) is 15.3 Å². The molecule has 2 heterocycles. The number of nitrogens with one attached hydrogen (secondary N) is 1. The molecule has 25 heavy (non-hydrogen) atoms. The third-order valence-corrected chi connectivity index (χ3v) is 4.12. The minimum atomic E-state index is -0.187. The predicted octanol–water partition coefficient (Wildman–Crippen LogP) is 2.47. The summed E-state index contributed by atoms with van der Waals surface area (Å²) in [7, 11) is 0. The number of aryl methyl sites for hydroxylation is 1. The van der Waals surface area contributed by atoms with Crippen LogP contribution in [0, 0.1) is 6.92 Å². The Hall–Kier alpha value is -2.63. The monoisotopic (exact) mass is 340 g/mol. The predicted molar refractivity (Wildman–Crippen MR) is 96.6 cm³/mol. The van der Waals surface area contributed by atoms with Gasteiger partial charge >= 0.3 is 0 Å². The maximum Gasteiger partial charge on any atom is 0.258 e. The Balaban J connectivity index is 1.53.